The summed E-state index contributed by atoms with van der Waals surface area (Å²) < 4.78 is 0. The van der Waals surface area contributed by atoms with Crippen LogP contribution in [0.3, 0.4) is 0 Å². The first kappa shape index (κ1) is 15.5. The van der Waals surface area contributed by atoms with Crippen molar-refractivity contribution in [1.82, 2.24) is 10.2 Å². The molecule has 0 heterocycles. The lowest BCUT2D eigenvalue weighted by molar-refractivity contribution is 0.278. The number of hydrogen-bond donors (Lipinski definition) is 1. The number of rotatable bonds is 6. The van der Waals surface area contributed by atoms with E-state index in [1.807, 2.05) is 0 Å². The minimum absolute atomic E-state index is 0.762. The zero-order chi connectivity index (χ0) is 14.4. The van der Waals surface area contributed by atoms with Gasteiger partial charge in [-0.1, -0.05) is 31.2 Å². The van der Waals surface area contributed by atoms with Gasteiger partial charge >= 0.3 is 0 Å². The monoisotopic (exact) mass is 274 g/mol. The molecule has 0 amide bonds. The van der Waals surface area contributed by atoms with Crippen LogP contribution in [0.5, 0.6) is 0 Å². The Labute approximate surface area is 124 Å². The number of benzene rings is 1. The van der Waals surface area contributed by atoms with Gasteiger partial charge in [-0.2, -0.15) is 0 Å². The van der Waals surface area contributed by atoms with E-state index < -0.39 is 0 Å². The molecule has 1 saturated carbocycles. The van der Waals surface area contributed by atoms with Crippen LogP contribution in [0.25, 0.3) is 0 Å². The molecule has 112 valence electrons. The fourth-order valence-corrected chi connectivity index (χ4v) is 3.08. The molecule has 0 aliphatic heterocycles. The van der Waals surface area contributed by atoms with Gasteiger partial charge in [0.1, 0.15) is 0 Å². The summed E-state index contributed by atoms with van der Waals surface area (Å²) in [6, 6.07) is 9.45. The highest BCUT2D eigenvalue weighted by molar-refractivity contribution is 5.25. The van der Waals surface area contributed by atoms with Gasteiger partial charge in [-0.15, -0.1) is 0 Å². The lowest BCUT2D eigenvalue weighted by Crippen LogP contribution is -2.37. The predicted octanol–water partition coefficient (Wildman–Crippen LogP) is 3.60. The molecular formula is C18H30N2. The summed E-state index contributed by atoms with van der Waals surface area (Å²) in [7, 11) is 2.22. The van der Waals surface area contributed by atoms with E-state index in [2.05, 4.69) is 55.4 Å². The summed E-state index contributed by atoms with van der Waals surface area (Å²) in [4.78, 5) is 2.42. The fraction of sp³-hybridized carbons (Fsp3) is 0.667. The highest BCUT2D eigenvalue weighted by Crippen LogP contribution is 2.23. The van der Waals surface area contributed by atoms with E-state index >= 15 is 0 Å². The van der Waals surface area contributed by atoms with Gasteiger partial charge in [-0.25, -0.2) is 0 Å². The first-order valence-corrected chi connectivity index (χ1v) is 8.11. The zero-order valence-electron chi connectivity index (χ0n) is 13.4. The summed E-state index contributed by atoms with van der Waals surface area (Å²) in [6.07, 6.45) is 5.53. The maximum atomic E-state index is 3.73. The van der Waals surface area contributed by atoms with Gasteiger partial charge in [0.15, 0.2) is 0 Å². The van der Waals surface area contributed by atoms with Gasteiger partial charge < -0.3 is 10.2 Å². The largest absolute Gasteiger partial charge is 0.313 e. The number of hydrogen-bond acceptors (Lipinski definition) is 2. The second kappa shape index (κ2) is 7.80. The predicted molar refractivity (Wildman–Crippen MR) is 86.9 cm³/mol. The SMILES string of the molecule is Cc1ccccc1CN(C)CCNC1CCC(C)CC1. The Kier molecular flexibility index (Phi) is 6.06. The molecule has 0 spiro atoms. The van der Waals surface area contributed by atoms with Crippen molar-refractivity contribution in [3.8, 4) is 0 Å². The van der Waals surface area contributed by atoms with Crippen molar-refractivity contribution in [2.45, 2.75) is 52.1 Å². The molecular weight excluding hydrogens is 244 g/mol. The molecule has 0 unspecified atom stereocenters. The van der Waals surface area contributed by atoms with E-state index in [0.717, 1.165) is 31.6 Å². The highest BCUT2D eigenvalue weighted by atomic mass is 15.1. The molecule has 0 bridgehead atoms. The van der Waals surface area contributed by atoms with E-state index in [9.17, 15) is 0 Å². The van der Waals surface area contributed by atoms with Crippen molar-refractivity contribution < 1.29 is 0 Å². The third-order valence-corrected chi connectivity index (χ3v) is 4.64. The molecule has 1 N–H and O–H groups in total. The van der Waals surface area contributed by atoms with Crippen molar-refractivity contribution in [1.29, 1.82) is 0 Å². The van der Waals surface area contributed by atoms with Gasteiger partial charge in [0, 0.05) is 25.7 Å². The maximum Gasteiger partial charge on any atom is 0.0233 e. The molecule has 1 aromatic carbocycles. The molecule has 0 radical (unpaired) electrons. The summed E-state index contributed by atoms with van der Waals surface area (Å²) in [5, 5.41) is 3.73. The van der Waals surface area contributed by atoms with Gasteiger partial charge in [0.05, 0.1) is 0 Å². The Morgan fingerprint density at radius 1 is 1.15 bits per heavy atom. The molecule has 1 fully saturated rings. The van der Waals surface area contributed by atoms with Crippen LogP contribution in [0.15, 0.2) is 24.3 Å². The zero-order valence-corrected chi connectivity index (χ0v) is 13.4. The molecule has 0 aromatic heterocycles. The first-order valence-electron chi connectivity index (χ1n) is 8.11. The average Bonchev–Trinajstić information content (AvgIpc) is 2.44. The molecule has 2 heteroatoms. The molecule has 2 rings (SSSR count). The van der Waals surface area contributed by atoms with E-state index in [1.54, 1.807) is 0 Å². The van der Waals surface area contributed by atoms with Crippen LogP contribution < -0.4 is 5.32 Å². The second-order valence-electron chi connectivity index (χ2n) is 6.58. The lowest BCUT2D eigenvalue weighted by Gasteiger charge is -2.28. The summed E-state index contributed by atoms with van der Waals surface area (Å²) in [5.74, 6) is 0.941. The summed E-state index contributed by atoms with van der Waals surface area (Å²) >= 11 is 0. The van der Waals surface area contributed by atoms with Gasteiger partial charge in [0.25, 0.3) is 0 Å². The Morgan fingerprint density at radius 2 is 1.85 bits per heavy atom. The van der Waals surface area contributed by atoms with Crippen molar-refractivity contribution in [3.63, 3.8) is 0 Å². The smallest absolute Gasteiger partial charge is 0.0233 e. The van der Waals surface area contributed by atoms with Crippen LogP contribution in [0.2, 0.25) is 0 Å². The third kappa shape index (κ3) is 4.92. The molecule has 1 aliphatic carbocycles. The number of aryl methyl sites for hydroxylation is 1. The van der Waals surface area contributed by atoms with Crippen molar-refractivity contribution in [3.05, 3.63) is 35.4 Å². The first-order chi connectivity index (χ1) is 9.65. The van der Waals surface area contributed by atoms with Crippen LogP contribution >= 0.6 is 0 Å². The van der Waals surface area contributed by atoms with Crippen LogP contribution in [0, 0.1) is 12.8 Å². The standard InChI is InChI=1S/C18H30N2/c1-15-8-10-18(11-9-15)19-12-13-20(3)14-17-7-5-4-6-16(17)2/h4-7,15,18-19H,8-14H2,1-3H3. The third-order valence-electron chi connectivity index (χ3n) is 4.64. The maximum absolute atomic E-state index is 3.73. The molecule has 1 aromatic rings. The van der Waals surface area contributed by atoms with Crippen LogP contribution in [-0.2, 0) is 6.54 Å². The Morgan fingerprint density at radius 3 is 2.55 bits per heavy atom. The highest BCUT2D eigenvalue weighted by Gasteiger charge is 2.17. The quantitative estimate of drug-likeness (QED) is 0.853. The van der Waals surface area contributed by atoms with Crippen LogP contribution in [0.1, 0.15) is 43.7 Å². The molecule has 0 atom stereocenters. The Balaban J connectivity index is 1.65. The van der Waals surface area contributed by atoms with Crippen molar-refractivity contribution in [2.75, 3.05) is 20.1 Å². The van der Waals surface area contributed by atoms with Gasteiger partial charge in [-0.05, 0) is 56.7 Å². The lowest BCUT2D eigenvalue weighted by atomic mass is 9.87. The van der Waals surface area contributed by atoms with E-state index in [0.29, 0.717) is 0 Å². The molecule has 2 nitrogen and oxygen atoms in total. The minimum Gasteiger partial charge on any atom is -0.313 e. The Hall–Kier alpha value is -0.860. The summed E-state index contributed by atoms with van der Waals surface area (Å²) in [5.41, 5.74) is 2.84. The number of nitrogens with one attached hydrogen (secondary N) is 1. The van der Waals surface area contributed by atoms with Crippen LogP contribution in [0.4, 0.5) is 0 Å². The number of nitrogens with zero attached hydrogens (tertiary/aromatic N) is 1. The van der Waals surface area contributed by atoms with E-state index in [-0.39, 0.29) is 0 Å². The molecule has 0 saturated heterocycles. The fourth-order valence-electron chi connectivity index (χ4n) is 3.08. The number of likely N-dealkylation sites (N-methyl/N-ethyl adjacent to an activating group) is 1. The summed E-state index contributed by atoms with van der Waals surface area (Å²) in [6.45, 7) is 7.87. The van der Waals surface area contributed by atoms with Crippen molar-refractivity contribution in [2.24, 2.45) is 5.92 Å². The Bertz CT molecular complexity index is 394. The van der Waals surface area contributed by atoms with Gasteiger partial charge in [-0.3, -0.25) is 0 Å². The van der Waals surface area contributed by atoms with E-state index in [4.69, 9.17) is 0 Å². The topological polar surface area (TPSA) is 15.3 Å². The second-order valence-corrected chi connectivity index (χ2v) is 6.58. The van der Waals surface area contributed by atoms with E-state index in [1.165, 1.54) is 36.8 Å². The normalized spacial score (nSPS) is 23.2. The minimum atomic E-state index is 0.762. The average molecular weight is 274 g/mol. The van der Waals surface area contributed by atoms with Crippen molar-refractivity contribution >= 4 is 0 Å². The van der Waals surface area contributed by atoms with Crippen LogP contribution in [-0.4, -0.2) is 31.1 Å². The van der Waals surface area contributed by atoms with Gasteiger partial charge in [0.2, 0.25) is 0 Å². The molecule has 20 heavy (non-hydrogen) atoms. The molecule has 1 aliphatic rings.